The van der Waals surface area contributed by atoms with E-state index in [2.05, 4.69) is 29.5 Å². The molecule has 1 unspecified atom stereocenters. The lowest BCUT2D eigenvalue weighted by atomic mass is 10.1. The van der Waals surface area contributed by atoms with Crippen LogP contribution in [0.1, 0.15) is 6.42 Å². The Hall–Kier alpha value is -2.83. The smallest absolute Gasteiger partial charge is 0.279 e. The molecule has 2 aromatic carbocycles. The lowest BCUT2D eigenvalue weighted by molar-refractivity contribution is 0.0878. The van der Waals surface area contributed by atoms with E-state index < -0.39 is 8.07 Å². The zero-order valence-corrected chi connectivity index (χ0v) is 23.8. The largest absolute Gasteiger partial charge is 0.506 e. The van der Waals surface area contributed by atoms with Crippen molar-refractivity contribution in [2.75, 3.05) is 26.2 Å². The van der Waals surface area contributed by atoms with Crippen LogP contribution in [0.3, 0.4) is 0 Å². The van der Waals surface area contributed by atoms with E-state index in [1.54, 1.807) is 40.4 Å². The predicted molar refractivity (Wildman–Crippen MR) is 154 cm³/mol. The van der Waals surface area contributed by atoms with Crippen LogP contribution in [-0.2, 0) is 18.0 Å². The van der Waals surface area contributed by atoms with Crippen molar-refractivity contribution in [2.24, 2.45) is 0 Å². The van der Waals surface area contributed by atoms with Gasteiger partial charge in [0.15, 0.2) is 0 Å². The van der Waals surface area contributed by atoms with Crippen molar-refractivity contribution in [1.82, 2.24) is 18.4 Å². The van der Waals surface area contributed by atoms with Gasteiger partial charge in [-0.3, -0.25) is 23.0 Å². The standard InChI is InChI=1S/C27H34N4O5SSi/c1-38(2,3)15-14-36-17-30-21-8-5-9-22(33)24(21)28-23(27(30)35)19-6-4-7-20-25(19)37-31(26(20)34)13-12-29-11-10-18(32)16-29/h4-9,18,32-33H,10-17H2,1-3H3. The molecule has 5 rings (SSSR count). The van der Waals surface area contributed by atoms with Gasteiger partial charge in [0, 0.05) is 46.4 Å². The van der Waals surface area contributed by atoms with Crippen LogP contribution < -0.4 is 11.1 Å². The molecule has 202 valence electrons. The molecule has 4 aromatic rings. The number of hydrogen-bond acceptors (Lipinski definition) is 8. The molecule has 1 saturated heterocycles. The monoisotopic (exact) mass is 554 g/mol. The average Bonchev–Trinajstić information content (AvgIpc) is 3.43. The quantitative estimate of drug-likeness (QED) is 0.241. The van der Waals surface area contributed by atoms with Crippen LogP contribution in [0.4, 0.5) is 0 Å². The molecule has 2 N–H and O–H groups in total. The van der Waals surface area contributed by atoms with Gasteiger partial charge in [0.1, 0.15) is 23.7 Å². The summed E-state index contributed by atoms with van der Waals surface area (Å²) in [6.07, 6.45) is 0.442. The number of aliphatic hydroxyl groups excluding tert-OH is 1. The number of phenolic OH excluding ortho intramolecular Hbond substituents is 1. The second-order valence-corrected chi connectivity index (χ2v) is 17.8. The fourth-order valence-electron chi connectivity index (χ4n) is 4.76. The van der Waals surface area contributed by atoms with Gasteiger partial charge in [0.05, 0.1) is 21.7 Å². The highest BCUT2D eigenvalue weighted by molar-refractivity contribution is 7.14. The second-order valence-electron chi connectivity index (χ2n) is 11.1. The molecule has 0 saturated carbocycles. The summed E-state index contributed by atoms with van der Waals surface area (Å²) in [6.45, 7) is 10.0. The average molecular weight is 555 g/mol. The van der Waals surface area contributed by atoms with Gasteiger partial charge in [-0.2, -0.15) is 0 Å². The molecule has 0 radical (unpaired) electrons. The van der Waals surface area contributed by atoms with E-state index in [1.165, 1.54) is 16.1 Å². The van der Waals surface area contributed by atoms with Crippen molar-refractivity contribution >= 4 is 40.7 Å². The van der Waals surface area contributed by atoms with Gasteiger partial charge in [-0.1, -0.05) is 49.4 Å². The molecular weight excluding hydrogens is 520 g/mol. The van der Waals surface area contributed by atoms with Crippen molar-refractivity contribution < 1.29 is 14.9 Å². The number of phenols is 1. The van der Waals surface area contributed by atoms with Gasteiger partial charge in [0.2, 0.25) is 0 Å². The first-order valence-corrected chi connectivity index (χ1v) is 17.4. The molecule has 0 amide bonds. The Labute approximate surface area is 225 Å². The molecule has 2 aromatic heterocycles. The lowest BCUT2D eigenvalue weighted by Gasteiger charge is -2.17. The molecule has 1 atom stereocenters. The van der Waals surface area contributed by atoms with Gasteiger partial charge < -0.3 is 14.9 Å². The SMILES string of the molecule is C[Si](C)(C)CCOCn1c(=O)c(-c2cccc3c(=O)n(CCN4CCC(O)C4)sc23)nc2c(O)cccc21. The molecule has 1 aliphatic rings. The summed E-state index contributed by atoms with van der Waals surface area (Å²) in [4.78, 5) is 33.7. The fraction of sp³-hybridized carbons (Fsp3) is 0.444. The summed E-state index contributed by atoms with van der Waals surface area (Å²) in [5.41, 5.74) is 1.11. The number of rotatable bonds is 9. The van der Waals surface area contributed by atoms with E-state index in [0.717, 1.165) is 19.0 Å². The third kappa shape index (κ3) is 5.48. The van der Waals surface area contributed by atoms with Crippen LogP contribution >= 0.6 is 11.5 Å². The Balaban J connectivity index is 1.54. The molecule has 38 heavy (non-hydrogen) atoms. The van der Waals surface area contributed by atoms with E-state index in [4.69, 9.17) is 4.74 Å². The van der Waals surface area contributed by atoms with E-state index in [0.29, 0.717) is 52.9 Å². The number of para-hydroxylation sites is 1. The van der Waals surface area contributed by atoms with Crippen molar-refractivity contribution in [3.8, 4) is 17.0 Å². The van der Waals surface area contributed by atoms with Gasteiger partial charge in [-0.15, -0.1) is 0 Å². The Kier molecular flexibility index (Phi) is 7.56. The maximum Gasteiger partial charge on any atom is 0.279 e. The number of aliphatic hydroxyl groups is 1. The summed E-state index contributed by atoms with van der Waals surface area (Å²) in [7, 11) is -1.30. The number of aromatic nitrogens is 3. The number of β-amino-alcohol motifs (C(OH)–C–C–N with tert-alkyl or cyclic N) is 1. The van der Waals surface area contributed by atoms with Gasteiger partial charge in [0.25, 0.3) is 11.1 Å². The minimum atomic E-state index is -1.30. The number of fused-ring (bicyclic) bond motifs is 2. The number of benzene rings is 2. The van der Waals surface area contributed by atoms with Crippen LogP contribution in [0, 0.1) is 0 Å². The molecule has 1 aliphatic heterocycles. The molecule has 1 fully saturated rings. The Morgan fingerprint density at radius 3 is 2.63 bits per heavy atom. The highest BCUT2D eigenvalue weighted by Gasteiger charge is 2.22. The zero-order valence-electron chi connectivity index (χ0n) is 22.0. The fourth-order valence-corrected chi connectivity index (χ4v) is 6.61. The Bertz CT molecular complexity index is 1590. The highest BCUT2D eigenvalue weighted by Crippen LogP contribution is 2.30. The van der Waals surface area contributed by atoms with Crippen LogP contribution in [0.5, 0.6) is 5.75 Å². The third-order valence-electron chi connectivity index (χ3n) is 6.97. The van der Waals surface area contributed by atoms with Gasteiger partial charge in [-0.25, -0.2) is 4.98 Å². The molecule has 3 heterocycles. The maximum atomic E-state index is 13.8. The van der Waals surface area contributed by atoms with E-state index in [9.17, 15) is 19.8 Å². The molecule has 9 nitrogen and oxygen atoms in total. The second kappa shape index (κ2) is 10.7. The first kappa shape index (κ1) is 26.8. The molecule has 0 spiro atoms. The first-order chi connectivity index (χ1) is 18.1. The lowest BCUT2D eigenvalue weighted by Crippen LogP contribution is -2.28. The summed E-state index contributed by atoms with van der Waals surface area (Å²) >= 11 is 1.32. The van der Waals surface area contributed by atoms with Crippen molar-refractivity contribution in [1.29, 1.82) is 0 Å². The van der Waals surface area contributed by atoms with Crippen LogP contribution in [0.15, 0.2) is 46.0 Å². The summed E-state index contributed by atoms with van der Waals surface area (Å²) in [5.74, 6) is -0.0228. The van der Waals surface area contributed by atoms with Crippen LogP contribution in [0.2, 0.25) is 25.7 Å². The van der Waals surface area contributed by atoms with Crippen molar-refractivity contribution in [3.05, 3.63) is 57.1 Å². The minimum absolute atomic E-state index is 0.0228. The molecular formula is C27H34N4O5SSi. The zero-order chi connectivity index (χ0) is 27.0. The number of hydrogen-bond donors (Lipinski definition) is 2. The summed E-state index contributed by atoms with van der Waals surface area (Å²) in [6, 6.07) is 11.3. The van der Waals surface area contributed by atoms with Crippen LogP contribution in [-0.4, -0.2) is 69.0 Å². The van der Waals surface area contributed by atoms with Gasteiger partial charge >= 0.3 is 0 Å². The number of aromatic hydroxyl groups is 1. The van der Waals surface area contributed by atoms with E-state index >= 15 is 0 Å². The normalized spacial score (nSPS) is 16.7. The Morgan fingerprint density at radius 2 is 1.89 bits per heavy atom. The van der Waals surface area contributed by atoms with E-state index in [-0.39, 0.29) is 35.4 Å². The number of ether oxygens (including phenoxy) is 1. The van der Waals surface area contributed by atoms with Crippen LogP contribution in [0.25, 0.3) is 32.4 Å². The third-order valence-corrected chi connectivity index (χ3v) is 9.86. The summed E-state index contributed by atoms with van der Waals surface area (Å²) < 4.78 is 9.83. The number of nitrogens with zero attached hydrogens (tertiary/aromatic N) is 4. The maximum absolute atomic E-state index is 13.8. The van der Waals surface area contributed by atoms with E-state index in [1.807, 2.05) is 0 Å². The number of likely N-dealkylation sites (tertiary alicyclic amines) is 1. The van der Waals surface area contributed by atoms with Gasteiger partial charge in [-0.05, 0) is 30.7 Å². The Morgan fingerprint density at radius 1 is 1.11 bits per heavy atom. The first-order valence-electron chi connectivity index (χ1n) is 13.0. The predicted octanol–water partition coefficient (Wildman–Crippen LogP) is 3.52. The molecule has 0 bridgehead atoms. The van der Waals surface area contributed by atoms with Crippen molar-refractivity contribution in [2.45, 2.75) is 51.5 Å². The minimum Gasteiger partial charge on any atom is -0.506 e. The molecule has 0 aliphatic carbocycles. The highest BCUT2D eigenvalue weighted by atomic mass is 32.1. The topological polar surface area (TPSA) is 110 Å². The summed E-state index contributed by atoms with van der Waals surface area (Å²) in [5, 5.41) is 20.9. The van der Waals surface area contributed by atoms with Crippen molar-refractivity contribution in [3.63, 3.8) is 0 Å². The molecule has 11 heteroatoms.